The SMILES string of the molecule is Cc1cccc(C)c1NC(=O)CN(CCC(=O)Nc1cccnc1Cl)C1CC1. The van der Waals surface area contributed by atoms with Crippen molar-refractivity contribution in [2.45, 2.75) is 39.2 Å². The highest BCUT2D eigenvalue weighted by Crippen LogP contribution is 2.27. The molecule has 0 atom stereocenters. The van der Waals surface area contributed by atoms with Crippen LogP contribution in [0.25, 0.3) is 0 Å². The fourth-order valence-corrected chi connectivity index (χ4v) is 3.31. The molecule has 1 aromatic heterocycles. The maximum atomic E-state index is 12.6. The molecule has 0 spiro atoms. The zero-order chi connectivity index (χ0) is 20.1. The normalized spacial score (nSPS) is 13.4. The van der Waals surface area contributed by atoms with E-state index in [4.69, 9.17) is 11.6 Å². The standard InChI is InChI=1S/C21H25ClN4O2/c1-14-5-3-6-15(2)20(14)25-19(28)13-26(16-8-9-16)12-10-18(27)24-17-7-4-11-23-21(17)22/h3-7,11,16H,8-10,12-13H2,1-2H3,(H,24,27)(H,25,28). The van der Waals surface area contributed by atoms with Gasteiger partial charge in [-0.05, 0) is 49.9 Å². The first-order valence-corrected chi connectivity index (χ1v) is 9.82. The van der Waals surface area contributed by atoms with E-state index in [1.165, 1.54) is 0 Å². The minimum absolute atomic E-state index is 0.0555. The number of para-hydroxylation sites is 1. The van der Waals surface area contributed by atoms with E-state index >= 15 is 0 Å². The molecule has 0 bridgehead atoms. The molecule has 1 fully saturated rings. The van der Waals surface area contributed by atoms with Gasteiger partial charge in [-0.15, -0.1) is 0 Å². The number of hydrogen-bond donors (Lipinski definition) is 2. The molecule has 1 aliphatic rings. The third-order valence-electron chi connectivity index (χ3n) is 4.81. The van der Waals surface area contributed by atoms with E-state index in [1.54, 1.807) is 18.3 Å². The molecule has 1 aliphatic carbocycles. The zero-order valence-electron chi connectivity index (χ0n) is 16.2. The largest absolute Gasteiger partial charge is 0.324 e. The Morgan fingerprint density at radius 2 is 1.82 bits per heavy atom. The molecule has 0 aliphatic heterocycles. The number of pyridine rings is 1. The summed E-state index contributed by atoms with van der Waals surface area (Å²) in [7, 11) is 0. The Hall–Kier alpha value is -2.44. The number of anilines is 2. The van der Waals surface area contributed by atoms with E-state index in [0.717, 1.165) is 29.7 Å². The number of amides is 2. The smallest absolute Gasteiger partial charge is 0.238 e. The molecule has 1 aromatic carbocycles. The van der Waals surface area contributed by atoms with E-state index in [9.17, 15) is 9.59 Å². The topological polar surface area (TPSA) is 74.3 Å². The van der Waals surface area contributed by atoms with Crippen molar-refractivity contribution in [1.29, 1.82) is 0 Å². The number of carbonyl (C=O) groups is 2. The van der Waals surface area contributed by atoms with Crippen LogP contribution in [0.3, 0.4) is 0 Å². The summed E-state index contributed by atoms with van der Waals surface area (Å²) >= 11 is 5.97. The Labute approximate surface area is 170 Å². The van der Waals surface area contributed by atoms with E-state index in [1.807, 2.05) is 32.0 Å². The van der Waals surface area contributed by atoms with Crippen molar-refractivity contribution < 1.29 is 9.59 Å². The average molecular weight is 401 g/mol. The number of benzene rings is 1. The zero-order valence-corrected chi connectivity index (χ0v) is 16.9. The highest BCUT2D eigenvalue weighted by Gasteiger charge is 2.30. The summed E-state index contributed by atoms with van der Waals surface area (Å²) in [6.45, 7) is 4.76. The number of rotatable bonds is 8. The van der Waals surface area contributed by atoms with Gasteiger partial charge in [0.15, 0.2) is 5.15 Å². The van der Waals surface area contributed by atoms with E-state index < -0.39 is 0 Å². The summed E-state index contributed by atoms with van der Waals surface area (Å²) in [5, 5.41) is 6.06. The van der Waals surface area contributed by atoms with Gasteiger partial charge >= 0.3 is 0 Å². The van der Waals surface area contributed by atoms with Crippen LogP contribution in [-0.4, -0.2) is 40.8 Å². The third kappa shape index (κ3) is 5.53. The minimum atomic E-state index is -0.143. The summed E-state index contributed by atoms with van der Waals surface area (Å²) in [6.07, 6.45) is 3.99. The van der Waals surface area contributed by atoms with Gasteiger partial charge in [0.05, 0.1) is 12.2 Å². The summed E-state index contributed by atoms with van der Waals surface area (Å²) in [6, 6.07) is 9.74. The maximum absolute atomic E-state index is 12.6. The number of nitrogens with one attached hydrogen (secondary N) is 2. The van der Waals surface area contributed by atoms with Crippen molar-refractivity contribution >= 4 is 34.8 Å². The third-order valence-corrected chi connectivity index (χ3v) is 5.12. The molecular formula is C21H25ClN4O2. The number of aryl methyl sites for hydroxylation is 2. The first-order valence-electron chi connectivity index (χ1n) is 9.44. The van der Waals surface area contributed by atoms with Crippen molar-refractivity contribution in [3.63, 3.8) is 0 Å². The molecule has 0 saturated heterocycles. The Bertz CT molecular complexity index is 847. The molecule has 0 radical (unpaired) electrons. The molecule has 1 heterocycles. The molecule has 1 saturated carbocycles. The molecular weight excluding hydrogens is 376 g/mol. The van der Waals surface area contributed by atoms with Crippen LogP contribution in [0.5, 0.6) is 0 Å². The van der Waals surface area contributed by atoms with Gasteiger partial charge in [0.2, 0.25) is 11.8 Å². The second-order valence-corrected chi connectivity index (χ2v) is 7.51. The Kier molecular flexibility index (Phi) is 6.65. The van der Waals surface area contributed by atoms with Crippen molar-refractivity contribution in [2.75, 3.05) is 23.7 Å². The summed E-state index contributed by atoms with van der Waals surface area (Å²) < 4.78 is 0. The number of aromatic nitrogens is 1. The predicted octanol–water partition coefficient (Wildman–Crippen LogP) is 3.78. The molecule has 6 nitrogen and oxygen atoms in total. The first kappa shape index (κ1) is 20.3. The highest BCUT2D eigenvalue weighted by atomic mass is 35.5. The maximum Gasteiger partial charge on any atom is 0.238 e. The molecule has 3 rings (SSSR count). The van der Waals surface area contributed by atoms with Gasteiger partial charge < -0.3 is 10.6 Å². The second-order valence-electron chi connectivity index (χ2n) is 7.16. The molecule has 0 unspecified atom stereocenters. The second kappa shape index (κ2) is 9.17. The van der Waals surface area contributed by atoms with Crippen LogP contribution in [0.4, 0.5) is 11.4 Å². The Morgan fingerprint density at radius 1 is 1.11 bits per heavy atom. The molecule has 148 valence electrons. The van der Waals surface area contributed by atoms with Gasteiger partial charge in [-0.3, -0.25) is 14.5 Å². The van der Waals surface area contributed by atoms with Crippen LogP contribution >= 0.6 is 11.6 Å². The fraction of sp³-hybridized carbons (Fsp3) is 0.381. The van der Waals surface area contributed by atoms with Gasteiger partial charge in [0.1, 0.15) is 0 Å². The lowest BCUT2D eigenvalue weighted by molar-refractivity contribution is -0.119. The number of carbonyl (C=O) groups excluding carboxylic acids is 2. The van der Waals surface area contributed by atoms with Gasteiger partial charge in [0, 0.05) is 30.9 Å². The molecule has 2 amide bonds. The molecule has 28 heavy (non-hydrogen) atoms. The Morgan fingerprint density at radius 3 is 2.46 bits per heavy atom. The fourth-order valence-electron chi connectivity index (χ4n) is 3.14. The Balaban J connectivity index is 1.53. The van der Waals surface area contributed by atoms with Gasteiger partial charge in [-0.2, -0.15) is 0 Å². The van der Waals surface area contributed by atoms with E-state index in [-0.39, 0.29) is 23.5 Å². The quantitative estimate of drug-likeness (QED) is 0.661. The van der Waals surface area contributed by atoms with Crippen molar-refractivity contribution in [3.05, 3.63) is 52.8 Å². The van der Waals surface area contributed by atoms with Gasteiger partial charge in [-0.25, -0.2) is 4.98 Å². The predicted molar refractivity (Wildman–Crippen MR) is 112 cm³/mol. The molecule has 2 N–H and O–H groups in total. The lowest BCUT2D eigenvalue weighted by Gasteiger charge is -2.22. The minimum Gasteiger partial charge on any atom is -0.324 e. The van der Waals surface area contributed by atoms with Crippen molar-refractivity contribution in [3.8, 4) is 0 Å². The monoisotopic (exact) mass is 400 g/mol. The van der Waals surface area contributed by atoms with Crippen LogP contribution in [-0.2, 0) is 9.59 Å². The van der Waals surface area contributed by atoms with E-state index in [0.29, 0.717) is 24.7 Å². The van der Waals surface area contributed by atoms with Crippen LogP contribution in [0.1, 0.15) is 30.4 Å². The summed E-state index contributed by atoms with van der Waals surface area (Å²) in [4.78, 5) is 30.8. The lowest BCUT2D eigenvalue weighted by atomic mass is 10.1. The lowest BCUT2D eigenvalue weighted by Crippen LogP contribution is -2.37. The number of hydrogen-bond acceptors (Lipinski definition) is 4. The van der Waals surface area contributed by atoms with Crippen LogP contribution in [0.15, 0.2) is 36.5 Å². The first-order chi connectivity index (χ1) is 13.4. The van der Waals surface area contributed by atoms with E-state index in [2.05, 4.69) is 20.5 Å². The number of nitrogens with zero attached hydrogens (tertiary/aromatic N) is 2. The van der Waals surface area contributed by atoms with Crippen molar-refractivity contribution in [2.24, 2.45) is 0 Å². The average Bonchev–Trinajstić information content (AvgIpc) is 3.49. The highest BCUT2D eigenvalue weighted by molar-refractivity contribution is 6.32. The van der Waals surface area contributed by atoms with Gasteiger partial charge in [0.25, 0.3) is 0 Å². The van der Waals surface area contributed by atoms with Crippen LogP contribution in [0.2, 0.25) is 5.15 Å². The molecule has 2 aromatic rings. The van der Waals surface area contributed by atoms with Crippen LogP contribution in [0, 0.1) is 13.8 Å². The number of halogens is 1. The van der Waals surface area contributed by atoms with Crippen molar-refractivity contribution in [1.82, 2.24) is 9.88 Å². The summed E-state index contributed by atoms with van der Waals surface area (Å²) in [5.74, 6) is -0.198. The molecule has 7 heteroatoms. The van der Waals surface area contributed by atoms with Crippen LogP contribution < -0.4 is 10.6 Å². The summed E-state index contributed by atoms with van der Waals surface area (Å²) in [5.41, 5.74) is 3.45. The van der Waals surface area contributed by atoms with Gasteiger partial charge in [-0.1, -0.05) is 29.8 Å².